The minimum Gasteiger partial charge on any atom is -0.822 e. The van der Waals surface area contributed by atoms with Gasteiger partial charge < -0.3 is 57.7 Å². The summed E-state index contributed by atoms with van der Waals surface area (Å²) in [6, 6.07) is 0. The summed E-state index contributed by atoms with van der Waals surface area (Å²) in [6.07, 6.45) is 0. The maximum atomic E-state index is 8.55. The standard InChI is InChI=1S/Ag.Al.B.3H3O4P.Zn/c;;;3*1-5(2,3)4;/h;;;3*(H3,1,2,3,4);/q+1;2*+3;;;;+2/p-9. The normalized spacial score (nSPS) is 9.32. The van der Waals surface area contributed by atoms with Crippen LogP contribution in [-0.4, -0.2) is 25.8 Å². The Balaban J connectivity index is -0.0000000206. The zero-order valence-corrected chi connectivity index (χ0v) is 16.7. The van der Waals surface area contributed by atoms with Crippen LogP contribution in [0.3, 0.4) is 0 Å². The van der Waals surface area contributed by atoms with Gasteiger partial charge in [0, 0.05) is 0 Å². The molecule has 0 saturated carbocycles. The molecule has 0 N–H and O–H groups in total. The Labute approximate surface area is 148 Å². The van der Waals surface area contributed by atoms with E-state index >= 15 is 0 Å². The molecular formula is AgAlBO12P3Zn. The predicted octanol–water partition coefficient (Wildman–Crippen LogP) is -9.24. The summed E-state index contributed by atoms with van der Waals surface area (Å²) < 4.78 is 25.6. The maximum absolute atomic E-state index is 8.55. The molecule has 0 unspecified atom stereocenters. The first-order valence-electron chi connectivity index (χ1n) is 2.19. The van der Waals surface area contributed by atoms with Crippen LogP contribution in [0.4, 0.5) is 0 Å². The summed E-state index contributed by atoms with van der Waals surface area (Å²) >= 11 is 0. The second kappa shape index (κ2) is 18.3. The van der Waals surface area contributed by atoms with Crippen molar-refractivity contribution in [3.8, 4) is 0 Å². The van der Waals surface area contributed by atoms with E-state index in [1.807, 2.05) is 0 Å². The van der Waals surface area contributed by atoms with E-state index in [4.69, 9.17) is 57.7 Å². The molecule has 0 heterocycles. The van der Waals surface area contributed by atoms with Gasteiger partial charge in [0.15, 0.2) is 0 Å². The number of phosphoric acid groups is 3. The molecule has 19 heavy (non-hydrogen) atoms. The quantitative estimate of drug-likeness (QED) is 0.224. The van der Waals surface area contributed by atoms with Crippen LogP contribution in [0.2, 0.25) is 0 Å². The van der Waals surface area contributed by atoms with Crippen molar-refractivity contribution in [2.75, 3.05) is 0 Å². The maximum Gasteiger partial charge on any atom is 3.00 e. The van der Waals surface area contributed by atoms with Crippen molar-refractivity contribution < 1.29 is 99.6 Å². The Morgan fingerprint density at radius 1 is 0.526 bits per heavy atom. The zero-order chi connectivity index (χ0) is 13.5. The van der Waals surface area contributed by atoms with Gasteiger partial charge >= 0.3 is 67.6 Å². The number of hydrogen-bond acceptors (Lipinski definition) is 12. The van der Waals surface area contributed by atoms with Crippen LogP contribution < -0.4 is 44.0 Å². The summed E-state index contributed by atoms with van der Waals surface area (Å²) in [4.78, 5) is 76.9. The van der Waals surface area contributed by atoms with Crippen LogP contribution in [0.15, 0.2) is 0 Å². The van der Waals surface area contributed by atoms with Crippen LogP contribution >= 0.6 is 23.5 Å². The molecule has 106 valence electrons. The summed E-state index contributed by atoms with van der Waals surface area (Å²) in [5.41, 5.74) is 0. The predicted molar refractivity (Wildman–Crippen MR) is 34.3 cm³/mol. The van der Waals surface area contributed by atoms with Crippen molar-refractivity contribution in [2.45, 2.75) is 0 Å². The van der Waals surface area contributed by atoms with E-state index in [9.17, 15) is 0 Å². The van der Waals surface area contributed by atoms with Crippen LogP contribution in [-0.2, 0) is 55.6 Å². The van der Waals surface area contributed by atoms with Crippen LogP contribution in [0.5, 0.6) is 0 Å². The molecule has 0 radical (unpaired) electrons. The van der Waals surface area contributed by atoms with Gasteiger partial charge in [0.05, 0.1) is 0 Å². The van der Waals surface area contributed by atoms with E-state index in [0.29, 0.717) is 0 Å². The Morgan fingerprint density at radius 2 is 0.526 bits per heavy atom. The average molecular weight is 496 g/mol. The largest absolute Gasteiger partial charge is 3.00 e. The molecule has 12 nitrogen and oxygen atoms in total. The third-order valence-corrected chi connectivity index (χ3v) is 0. The van der Waals surface area contributed by atoms with Crippen molar-refractivity contribution in [3.63, 3.8) is 0 Å². The van der Waals surface area contributed by atoms with Gasteiger partial charge in [0.1, 0.15) is 0 Å². The molecule has 0 spiro atoms. The Kier molecular flexibility index (Phi) is 41.4. The fraction of sp³-hybridized carbons (Fsp3) is 0. The van der Waals surface area contributed by atoms with Crippen molar-refractivity contribution in [1.29, 1.82) is 0 Å². The fourth-order valence-corrected chi connectivity index (χ4v) is 0. The molecule has 0 fully saturated rings. The first-order chi connectivity index (χ1) is 6.00. The fourth-order valence-electron chi connectivity index (χ4n) is 0. The first-order valence-corrected chi connectivity index (χ1v) is 6.57. The second-order valence-corrected chi connectivity index (χ2v) is 4.02. The van der Waals surface area contributed by atoms with Gasteiger partial charge in [-0.25, -0.2) is 0 Å². The van der Waals surface area contributed by atoms with Gasteiger partial charge in [0.25, 0.3) is 0 Å². The third-order valence-electron chi connectivity index (χ3n) is 0. The molecule has 0 bridgehead atoms. The summed E-state index contributed by atoms with van der Waals surface area (Å²) in [7, 11) is -16.2. The molecule has 0 aliphatic rings. The number of hydrogen-bond donors (Lipinski definition) is 0. The summed E-state index contributed by atoms with van der Waals surface area (Å²) in [5.74, 6) is 0. The molecule has 0 aromatic carbocycles. The third kappa shape index (κ3) is 1290. The minimum absolute atomic E-state index is 0. The van der Waals surface area contributed by atoms with Crippen LogP contribution in [0.1, 0.15) is 0 Å². The smallest absolute Gasteiger partial charge is 0.822 e. The van der Waals surface area contributed by atoms with Crippen LogP contribution in [0.25, 0.3) is 0 Å². The number of rotatable bonds is 0. The topological polar surface area (TPSA) is 259 Å². The van der Waals surface area contributed by atoms with Crippen molar-refractivity contribution in [3.05, 3.63) is 0 Å². The molecule has 0 amide bonds. The molecule has 0 saturated heterocycles. The van der Waals surface area contributed by atoms with E-state index in [1.54, 1.807) is 0 Å². The van der Waals surface area contributed by atoms with Gasteiger partial charge in [-0.2, -0.15) is 23.5 Å². The average Bonchev–Trinajstić information content (AvgIpc) is 1.41. The van der Waals surface area contributed by atoms with Gasteiger partial charge in [-0.05, 0) is 0 Å². The van der Waals surface area contributed by atoms with Crippen molar-refractivity contribution in [2.24, 2.45) is 0 Å². The van der Waals surface area contributed by atoms with Crippen molar-refractivity contribution >= 4 is 49.2 Å². The minimum atomic E-state index is -5.39. The van der Waals surface area contributed by atoms with E-state index in [0.717, 1.165) is 0 Å². The van der Waals surface area contributed by atoms with Crippen LogP contribution in [0, 0.1) is 0 Å². The molecule has 0 rings (SSSR count). The van der Waals surface area contributed by atoms with Crippen molar-refractivity contribution in [1.82, 2.24) is 0 Å². The molecule has 0 atom stereocenters. The molecular weight excluding hydrogens is 496 g/mol. The Morgan fingerprint density at radius 3 is 0.526 bits per heavy atom. The van der Waals surface area contributed by atoms with Gasteiger partial charge in [-0.1, -0.05) is 0 Å². The van der Waals surface area contributed by atoms with Gasteiger partial charge in [0.2, 0.25) is 0 Å². The van der Waals surface area contributed by atoms with E-state index in [-0.39, 0.29) is 67.6 Å². The molecule has 0 aliphatic heterocycles. The molecule has 0 aromatic rings. The van der Waals surface area contributed by atoms with Gasteiger partial charge in [-0.15, -0.1) is 0 Å². The second-order valence-electron chi connectivity index (χ2n) is 1.34. The van der Waals surface area contributed by atoms with E-state index in [1.165, 1.54) is 0 Å². The molecule has 19 heteroatoms. The monoisotopic (exact) mass is 494 g/mol. The molecule has 0 aromatic heterocycles. The first kappa shape index (κ1) is 42.9. The van der Waals surface area contributed by atoms with Gasteiger partial charge in [-0.3, -0.25) is 0 Å². The molecule has 0 aliphatic carbocycles. The summed E-state index contributed by atoms with van der Waals surface area (Å²) in [5, 5.41) is 0. The summed E-state index contributed by atoms with van der Waals surface area (Å²) in [6.45, 7) is 0. The SMILES string of the molecule is O=P([O-])([O-])[O-].O=P([O-])([O-])[O-].O=P([O-])([O-])[O-].[Ag+].[Al+3].[B+3].[Zn+2]. The Hall–Kier alpha value is 2.29. The van der Waals surface area contributed by atoms with E-state index in [2.05, 4.69) is 0 Å². The zero-order valence-electron chi connectivity index (χ0n) is 8.40. The Bertz CT molecular complexity index is 219. The van der Waals surface area contributed by atoms with E-state index < -0.39 is 23.5 Å².